The van der Waals surface area contributed by atoms with Crippen LogP contribution in [0.2, 0.25) is 0 Å². The molecule has 2 fully saturated rings. The van der Waals surface area contributed by atoms with E-state index in [1.54, 1.807) is 13.0 Å². The summed E-state index contributed by atoms with van der Waals surface area (Å²) in [5.74, 6) is 4.30. The number of imide groups is 1. The van der Waals surface area contributed by atoms with E-state index in [-0.39, 0.29) is 82.8 Å². The number of nitrogens with two attached hydrogens (primary N) is 1. The Bertz CT molecular complexity index is 2420. The largest absolute Gasteiger partial charge is 0.508 e. The average molecular weight is 989 g/mol. The number of aryl methyl sites for hydroxylation is 2. The minimum atomic E-state index is -0.809. The highest BCUT2D eigenvalue weighted by Gasteiger charge is 2.58. The number of nitrogens with one attached hydrogen (secondary N) is 3. The zero-order valence-electron chi connectivity index (χ0n) is 44.4. The van der Waals surface area contributed by atoms with Gasteiger partial charge in [-0.3, -0.25) is 34.1 Å². The summed E-state index contributed by atoms with van der Waals surface area (Å²) >= 11 is 0. The van der Waals surface area contributed by atoms with Crippen LogP contribution in [0.1, 0.15) is 193 Å². The number of carbonyl (C=O) groups is 6. The lowest BCUT2D eigenvalue weighted by Crippen LogP contribution is -2.60. The molecule has 10 atom stereocenters. The summed E-state index contributed by atoms with van der Waals surface area (Å²) in [6.07, 6.45) is 15.8. The Morgan fingerprint density at radius 1 is 0.750 bits per heavy atom. The third-order valence-electron chi connectivity index (χ3n) is 18.3. The van der Waals surface area contributed by atoms with Gasteiger partial charge >= 0.3 is 0 Å². The molecule has 0 spiro atoms. The van der Waals surface area contributed by atoms with Crippen molar-refractivity contribution in [1.82, 2.24) is 10.6 Å². The van der Waals surface area contributed by atoms with Crippen LogP contribution in [0.5, 0.6) is 5.75 Å². The van der Waals surface area contributed by atoms with Crippen molar-refractivity contribution in [2.75, 3.05) is 11.9 Å². The number of ketones is 2. The van der Waals surface area contributed by atoms with E-state index in [0.717, 1.165) is 101 Å². The van der Waals surface area contributed by atoms with Crippen LogP contribution in [0, 0.1) is 46.3 Å². The molecule has 392 valence electrons. The van der Waals surface area contributed by atoms with Crippen molar-refractivity contribution in [3.05, 3.63) is 58.7 Å². The number of aromatic hydroxyl groups is 1. The van der Waals surface area contributed by atoms with Gasteiger partial charge in [0.25, 0.3) is 0 Å². The lowest BCUT2D eigenvalue weighted by atomic mass is 9.49. The Labute approximate surface area is 429 Å². The number of amides is 4. The first-order valence-electron chi connectivity index (χ1n) is 27.5. The van der Waals surface area contributed by atoms with Crippen molar-refractivity contribution in [3.63, 3.8) is 0 Å². The van der Waals surface area contributed by atoms with Gasteiger partial charge in [0.15, 0.2) is 11.6 Å². The average Bonchev–Trinajstić information content (AvgIpc) is 3.32. The van der Waals surface area contributed by atoms with E-state index in [0.29, 0.717) is 44.2 Å². The molecule has 0 aliphatic heterocycles. The third kappa shape index (κ3) is 11.9. The molecule has 0 aromatic heterocycles. The van der Waals surface area contributed by atoms with Crippen molar-refractivity contribution in [3.8, 4) is 17.6 Å². The SMILES string of the molecule is CC(C)[C@H](NC(=O)[C@@H](N)CCCCCC(=O)COC1C#CCCCCC1)C(=O)C[C@@H](C)C(=O)Nc1ccc2c(c1)[C@@]1(C)CCC[C@](C)(C(=O)NC(=O)[C@@]3(C)CCC[C@]4(C)c5cc(O)ccc5CC[C@@H]34)[C@@H]1CC2. The van der Waals surface area contributed by atoms with Crippen molar-refractivity contribution in [2.24, 2.45) is 40.2 Å². The fourth-order valence-electron chi connectivity index (χ4n) is 13.9. The Morgan fingerprint density at radius 2 is 1.38 bits per heavy atom. The summed E-state index contributed by atoms with van der Waals surface area (Å²) in [6, 6.07) is 10.1. The number of benzene rings is 2. The minimum absolute atomic E-state index is 0.0305. The van der Waals surface area contributed by atoms with Crippen molar-refractivity contribution < 1.29 is 38.6 Å². The lowest BCUT2D eigenvalue weighted by molar-refractivity contribution is -0.150. The van der Waals surface area contributed by atoms with E-state index < -0.39 is 34.7 Å². The maximum absolute atomic E-state index is 14.7. The molecule has 7 rings (SSSR count). The molecule has 6 N–H and O–H groups in total. The highest BCUT2D eigenvalue weighted by Crippen LogP contribution is 2.60. The van der Waals surface area contributed by atoms with Crippen LogP contribution in [0.4, 0.5) is 5.69 Å². The fraction of sp³-hybridized carbons (Fsp3) is 0.667. The molecular weight excluding hydrogens is 905 g/mol. The van der Waals surface area contributed by atoms with Gasteiger partial charge in [-0.05, 0) is 159 Å². The number of rotatable bonds is 19. The zero-order valence-corrected chi connectivity index (χ0v) is 44.4. The third-order valence-corrected chi connectivity index (χ3v) is 18.3. The first kappa shape index (κ1) is 54.9. The summed E-state index contributed by atoms with van der Waals surface area (Å²) in [7, 11) is 0. The quantitative estimate of drug-likeness (QED) is 0.0518. The van der Waals surface area contributed by atoms with Gasteiger partial charge in [0.05, 0.1) is 22.9 Å². The smallest absolute Gasteiger partial charge is 0.237 e. The molecule has 5 aliphatic carbocycles. The number of hydrogen-bond donors (Lipinski definition) is 5. The van der Waals surface area contributed by atoms with Gasteiger partial charge in [0.2, 0.25) is 23.6 Å². The van der Waals surface area contributed by atoms with Gasteiger partial charge in [0, 0.05) is 30.9 Å². The molecule has 2 aromatic carbocycles. The standard InChI is InChI=1S/C60H84N4O8/c1-38(2)52(63-54(69)48(61)21-15-11-12-18-44(66)37-72-45-19-13-9-8-10-14-20-45)49(67)34-39(3)53(68)62-42-26-22-40-24-28-50-57(4,46(40)35-42)30-16-32-59(50,6)55(70)64-56(71)60(7)33-17-31-58(5)47-36-43(65)27-23-41(47)25-29-51(58)60/h22-23,26-27,35-36,38-39,45,48,50-52,65H,8-13,15-19,21,24-25,28-34,37,61H2,1-7H3,(H,62,68)(H,63,69)(H,64,70,71)/t39-,45?,48+,50-,51-,52+,57-,58-,59+,60+/m1/s1. The number of phenols is 1. The molecule has 0 saturated heterocycles. The maximum Gasteiger partial charge on any atom is 0.237 e. The number of phenolic OH excluding ortho intramolecular Hbond substituents is 1. The van der Waals surface area contributed by atoms with Crippen LogP contribution >= 0.6 is 0 Å². The molecular formula is C60H84N4O8. The minimum Gasteiger partial charge on any atom is -0.508 e. The number of hydrogen-bond acceptors (Lipinski definition) is 9. The highest BCUT2D eigenvalue weighted by molar-refractivity contribution is 6.01. The van der Waals surface area contributed by atoms with Gasteiger partial charge in [-0.1, -0.05) is 98.6 Å². The van der Waals surface area contributed by atoms with Gasteiger partial charge in [-0.25, -0.2) is 0 Å². The van der Waals surface area contributed by atoms with E-state index >= 15 is 0 Å². The molecule has 0 radical (unpaired) electrons. The molecule has 0 bridgehead atoms. The highest BCUT2D eigenvalue weighted by atomic mass is 16.5. The van der Waals surface area contributed by atoms with Crippen molar-refractivity contribution in [1.29, 1.82) is 0 Å². The zero-order chi connectivity index (χ0) is 52.0. The predicted octanol–water partition coefficient (Wildman–Crippen LogP) is 9.63. The molecule has 0 heterocycles. The number of carbonyl (C=O) groups excluding carboxylic acids is 6. The van der Waals surface area contributed by atoms with Crippen LogP contribution in [0.25, 0.3) is 0 Å². The summed E-state index contributed by atoms with van der Waals surface area (Å²) in [5, 5.41) is 19.4. The van der Waals surface area contributed by atoms with Crippen LogP contribution in [0.3, 0.4) is 0 Å². The van der Waals surface area contributed by atoms with Crippen LogP contribution in [0.15, 0.2) is 36.4 Å². The molecule has 1 unspecified atom stereocenters. The molecule has 72 heavy (non-hydrogen) atoms. The predicted molar refractivity (Wildman–Crippen MR) is 281 cm³/mol. The second kappa shape index (κ2) is 23.1. The maximum atomic E-state index is 14.7. The Balaban J connectivity index is 0.907. The molecule has 12 heteroatoms. The van der Waals surface area contributed by atoms with Crippen LogP contribution in [-0.4, -0.2) is 65.1 Å². The second-order valence-corrected chi connectivity index (χ2v) is 23.8. The summed E-state index contributed by atoms with van der Waals surface area (Å²) in [6.45, 7) is 14.1. The monoisotopic (exact) mass is 989 g/mol. The van der Waals surface area contributed by atoms with E-state index in [1.165, 1.54) is 11.1 Å². The van der Waals surface area contributed by atoms with Gasteiger partial charge in [-0.15, -0.1) is 5.92 Å². The Hall–Kier alpha value is -4.86. The topological polar surface area (TPSA) is 194 Å². The molecule has 5 aliphatic rings. The molecule has 12 nitrogen and oxygen atoms in total. The van der Waals surface area contributed by atoms with Crippen LogP contribution < -0.4 is 21.7 Å². The van der Waals surface area contributed by atoms with Gasteiger partial charge < -0.3 is 26.2 Å². The number of ether oxygens (including phenoxy) is 1. The lowest BCUT2D eigenvalue weighted by Gasteiger charge is -2.56. The van der Waals surface area contributed by atoms with E-state index in [1.807, 2.05) is 52.0 Å². The van der Waals surface area contributed by atoms with Gasteiger partial charge in [-0.2, -0.15) is 0 Å². The normalized spacial score (nSPS) is 28.9. The number of Topliss-reactive ketones (excluding diaryl/α,β-unsaturated/α-hetero) is 2. The molecule has 4 amide bonds. The number of anilines is 1. The summed E-state index contributed by atoms with van der Waals surface area (Å²) in [5.41, 5.74) is 9.38. The molecule has 2 saturated carbocycles. The Morgan fingerprint density at radius 3 is 2.01 bits per heavy atom. The number of fused-ring (bicyclic) bond motifs is 6. The van der Waals surface area contributed by atoms with Crippen LogP contribution in [-0.2, 0) is 57.2 Å². The number of unbranched alkanes of at least 4 members (excludes halogenated alkanes) is 2. The summed E-state index contributed by atoms with van der Waals surface area (Å²) < 4.78 is 5.77. The van der Waals surface area contributed by atoms with E-state index in [2.05, 4.69) is 47.7 Å². The first-order valence-corrected chi connectivity index (χ1v) is 27.5. The van der Waals surface area contributed by atoms with Crippen molar-refractivity contribution >= 4 is 40.9 Å². The molecule has 2 aromatic rings. The fourth-order valence-corrected chi connectivity index (χ4v) is 13.9. The second-order valence-electron chi connectivity index (χ2n) is 23.8. The van der Waals surface area contributed by atoms with Gasteiger partial charge in [0.1, 0.15) is 18.5 Å². The summed E-state index contributed by atoms with van der Waals surface area (Å²) in [4.78, 5) is 82.5. The van der Waals surface area contributed by atoms with E-state index in [9.17, 15) is 33.9 Å². The van der Waals surface area contributed by atoms with Crippen molar-refractivity contribution in [2.45, 2.75) is 212 Å². The van der Waals surface area contributed by atoms with E-state index in [4.69, 9.17) is 10.5 Å². The first-order chi connectivity index (χ1) is 34.2. The Kier molecular flexibility index (Phi) is 17.6.